The van der Waals surface area contributed by atoms with Crippen molar-refractivity contribution >= 4 is 40.0 Å². The zero-order chi connectivity index (χ0) is 21.1. The second-order valence-electron chi connectivity index (χ2n) is 6.76. The van der Waals surface area contributed by atoms with Crippen LogP contribution in [0.1, 0.15) is 0 Å². The van der Waals surface area contributed by atoms with Crippen molar-refractivity contribution in [2.45, 2.75) is 13.1 Å². The van der Waals surface area contributed by atoms with Crippen LogP contribution in [-0.4, -0.2) is 26.8 Å². The average Bonchev–Trinajstić information content (AvgIpc) is 3.12. The van der Waals surface area contributed by atoms with E-state index in [1.807, 2.05) is 53.2 Å². The summed E-state index contributed by atoms with van der Waals surface area (Å²) in [6, 6.07) is 17.9. The maximum Gasteiger partial charge on any atom is 0.267 e. The van der Waals surface area contributed by atoms with E-state index in [1.165, 1.54) is 6.07 Å². The molecule has 2 aromatic heterocycles. The first-order valence-electron chi connectivity index (χ1n) is 9.35. The van der Waals surface area contributed by atoms with Crippen molar-refractivity contribution in [2.75, 3.05) is 6.54 Å². The molecule has 0 radical (unpaired) electrons. The Bertz CT molecular complexity index is 1280. The normalized spacial score (nSPS) is 11.0. The zero-order valence-electron chi connectivity index (χ0n) is 15.9. The molecule has 0 bridgehead atoms. The summed E-state index contributed by atoms with van der Waals surface area (Å²) in [5, 5.41) is 9.39. The molecule has 2 heterocycles. The molecule has 2 aromatic carbocycles. The van der Waals surface area contributed by atoms with Gasteiger partial charge in [-0.05, 0) is 35.7 Å². The van der Waals surface area contributed by atoms with Crippen LogP contribution >= 0.6 is 23.2 Å². The Kier molecular flexibility index (Phi) is 5.88. The van der Waals surface area contributed by atoms with Crippen LogP contribution in [-0.2, 0) is 17.9 Å². The lowest BCUT2D eigenvalue weighted by atomic mass is 10.1. The number of carbonyl (C=O) groups excluding carboxylic acids is 1. The van der Waals surface area contributed by atoms with Gasteiger partial charge >= 0.3 is 0 Å². The van der Waals surface area contributed by atoms with E-state index < -0.39 is 0 Å². The van der Waals surface area contributed by atoms with Gasteiger partial charge in [0.15, 0.2) is 0 Å². The van der Waals surface area contributed by atoms with E-state index in [1.54, 1.807) is 12.1 Å². The molecule has 0 saturated heterocycles. The monoisotopic (exact) mass is 440 g/mol. The number of benzene rings is 2. The second kappa shape index (κ2) is 8.73. The summed E-state index contributed by atoms with van der Waals surface area (Å²) in [4.78, 5) is 24.5. The number of amides is 1. The Hall–Kier alpha value is -3.09. The third-order valence-electron chi connectivity index (χ3n) is 4.72. The molecule has 0 aliphatic rings. The number of halogens is 2. The van der Waals surface area contributed by atoms with E-state index in [2.05, 4.69) is 10.4 Å². The van der Waals surface area contributed by atoms with E-state index in [9.17, 15) is 9.59 Å². The molecule has 152 valence electrons. The van der Waals surface area contributed by atoms with E-state index in [4.69, 9.17) is 23.2 Å². The molecule has 0 aliphatic carbocycles. The molecule has 1 N–H and O–H groups in total. The number of hydrogen-bond donors (Lipinski definition) is 1. The van der Waals surface area contributed by atoms with Crippen LogP contribution in [0.3, 0.4) is 0 Å². The molecule has 4 aromatic rings. The molecule has 0 saturated carbocycles. The smallest absolute Gasteiger partial charge is 0.267 e. The van der Waals surface area contributed by atoms with Crippen LogP contribution in [0.4, 0.5) is 0 Å². The summed E-state index contributed by atoms with van der Waals surface area (Å²) in [5.41, 5.74) is 1.88. The molecule has 1 amide bonds. The van der Waals surface area contributed by atoms with E-state index >= 15 is 0 Å². The second-order valence-corrected chi connectivity index (χ2v) is 7.60. The van der Waals surface area contributed by atoms with Crippen LogP contribution in [0.5, 0.6) is 0 Å². The van der Waals surface area contributed by atoms with Crippen LogP contribution in [0, 0.1) is 0 Å². The number of fused-ring (bicyclic) bond motifs is 1. The van der Waals surface area contributed by atoms with Crippen molar-refractivity contribution in [1.29, 1.82) is 0 Å². The van der Waals surface area contributed by atoms with E-state index in [0.717, 1.165) is 15.6 Å². The molecule has 0 fully saturated rings. The van der Waals surface area contributed by atoms with Crippen molar-refractivity contribution in [2.24, 2.45) is 0 Å². The quantitative estimate of drug-likeness (QED) is 0.492. The largest absolute Gasteiger partial charge is 0.353 e. The lowest BCUT2D eigenvalue weighted by molar-refractivity contribution is -0.121. The van der Waals surface area contributed by atoms with Gasteiger partial charge in [0.1, 0.15) is 6.54 Å². The van der Waals surface area contributed by atoms with Gasteiger partial charge in [-0.15, -0.1) is 0 Å². The first-order valence-corrected chi connectivity index (χ1v) is 10.1. The van der Waals surface area contributed by atoms with Gasteiger partial charge in [0.05, 0.1) is 10.7 Å². The molecular formula is C22H18Cl2N4O2. The Labute approximate surface area is 182 Å². The molecule has 0 unspecified atom stereocenters. The van der Waals surface area contributed by atoms with Gasteiger partial charge in [0.25, 0.3) is 5.56 Å². The van der Waals surface area contributed by atoms with E-state index in [0.29, 0.717) is 34.4 Å². The van der Waals surface area contributed by atoms with Gasteiger partial charge in [-0.25, -0.2) is 4.68 Å². The Balaban J connectivity index is 1.41. The summed E-state index contributed by atoms with van der Waals surface area (Å²) >= 11 is 12.3. The minimum absolute atomic E-state index is 0.171. The third-order valence-corrected chi connectivity index (χ3v) is 5.29. The Morgan fingerprint density at radius 2 is 1.87 bits per heavy atom. The summed E-state index contributed by atoms with van der Waals surface area (Å²) in [7, 11) is 0. The summed E-state index contributed by atoms with van der Waals surface area (Å²) in [6.07, 6.45) is 1.95. The highest BCUT2D eigenvalue weighted by atomic mass is 35.5. The maximum atomic E-state index is 12.4. The topological polar surface area (TPSA) is 68.9 Å². The first kappa shape index (κ1) is 20.2. The third kappa shape index (κ3) is 4.40. The lowest BCUT2D eigenvalue weighted by Gasteiger charge is -2.10. The first-order chi connectivity index (χ1) is 14.5. The molecule has 0 atom stereocenters. The highest BCUT2D eigenvalue weighted by Gasteiger charge is 2.10. The van der Waals surface area contributed by atoms with Crippen LogP contribution < -0.4 is 10.9 Å². The molecule has 0 spiro atoms. The molecule has 8 heteroatoms. The van der Waals surface area contributed by atoms with Crippen molar-refractivity contribution in [3.8, 4) is 11.3 Å². The number of rotatable bonds is 6. The highest BCUT2D eigenvalue weighted by Crippen LogP contribution is 2.24. The van der Waals surface area contributed by atoms with Crippen molar-refractivity contribution in [3.05, 3.63) is 87.3 Å². The van der Waals surface area contributed by atoms with Gasteiger partial charge in [-0.1, -0.05) is 47.5 Å². The van der Waals surface area contributed by atoms with Gasteiger partial charge in [-0.3, -0.25) is 9.59 Å². The SMILES string of the molecule is O=C(Cn1nc(-c2ccccc2Cl)ccc1=O)NCCn1ccc2ccc(Cl)cc21. The number of nitrogens with zero attached hydrogens (tertiary/aromatic N) is 3. The van der Waals surface area contributed by atoms with Crippen LogP contribution in [0.2, 0.25) is 10.0 Å². The minimum Gasteiger partial charge on any atom is -0.353 e. The van der Waals surface area contributed by atoms with Crippen LogP contribution in [0.25, 0.3) is 22.2 Å². The summed E-state index contributed by atoms with van der Waals surface area (Å²) in [6.45, 7) is 0.820. The summed E-state index contributed by atoms with van der Waals surface area (Å²) in [5.74, 6) is -0.296. The number of hydrogen-bond acceptors (Lipinski definition) is 3. The van der Waals surface area contributed by atoms with Gasteiger partial charge in [-0.2, -0.15) is 5.10 Å². The minimum atomic E-state index is -0.355. The molecule has 0 aliphatic heterocycles. The fourth-order valence-corrected chi connectivity index (χ4v) is 3.63. The standard InChI is InChI=1S/C22H18Cl2N4O2/c23-16-6-5-15-9-11-27(20(15)13-16)12-10-25-21(29)14-28-22(30)8-7-19(26-28)17-3-1-2-4-18(17)24/h1-9,11,13H,10,12,14H2,(H,25,29). The predicted molar refractivity (Wildman–Crippen MR) is 119 cm³/mol. The van der Waals surface area contributed by atoms with Crippen molar-refractivity contribution in [3.63, 3.8) is 0 Å². The highest BCUT2D eigenvalue weighted by molar-refractivity contribution is 6.33. The fourth-order valence-electron chi connectivity index (χ4n) is 3.23. The summed E-state index contributed by atoms with van der Waals surface area (Å²) < 4.78 is 3.16. The number of nitrogens with one attached hydrogen (secondary N) is 1. The molecule has 30 heavy (non-hydrogen) atoms. The molecule has 6 nitrogen and oxygen atoms in total. The number of aromatic nitrogens is 3. The fraction of sp³-hybridized carbons (Fsp3) is 0.136. The number of carbonyl (C=O) groups is 1. The molecule has 4 rings (SSSR count). The van der Waals surface area contributed by atoms with Gasteiger partial charge < -0.3 is 9.88 Å². The maximum absolute atomic E-state index is 12.4. The van der Waals surface area contributed by atoms with Crippen LogP contribution in [0.15, 0.2) is 71.7 Å². The van der Waals surface area contributed by atoms with E-state index in [-0.39, 0.29) is 18.0 Å². The lowest BCUT2D eigenvalue weighted by Crippen LogP contribution is -2.35. The van der Waals surface area contributed by atoms with Crippen molar-refractivity contribution in [1.82, 2.24) is 19.7 Å². The average molecular weight is 441 g/mol. The Morgan fingerprint density at radius 1 is 1.03 bits per heavy atom. The van der Waals surface area contributed by atoms with Gasteiger partial charge in [0.2, 0.25) is 5.91 Å². The molecular weight excluding hydrogens is 423 g/mol. The van der Waals surface area contributed by atoms with Gasteiger partial charge in [0, 0.05) is 41.5 Å². The zero-order valence-corrected chi connectivity index (χ0v) is 17.4. The van der Waals surface area contributed by atoms with Crippen molar-refractivity contribution < 1.29 is 4.79 Å². The Morgan fingerprint density at radius 3 is 2.70 bits per heavy atom. The predicted octanol–water partition coefficient (Wildman–Crippen LogP) is 3.99.